The van der Waals surface area contributed by atoms with E-state index < -0.39 is 12.0 Å². The van der Waals surface area contributed by atoms with Crippen molar-refractivity contribution in [3.63, 3.8) is 0 Å². The number of benzene rings is 1. The first-order valence-corrected chi connectivity index (χ1v) is 8.09. The summed E-state index contributed by atoms with van der Waals surface area (Å²) in [5.41, 5.74) is 1.15. The van der Waals surface area contributed by atoms with E-state index in [0.717, 1.165) is 5.69 Å². The molecule has 2 aromatic heterocycles. The van der Waals surface area contributed by atoms with Crippen molar-refractivity contribution >= 4 is 23.2 Å². The van der Waals surface area contributed by atoms with E-state index in [0.29, 0.717) is 10.4 Å². The third-order valence-electron chi connectivity index (χ3n) is 3.62. The van der Waals surface area contributed by atoms with E-state index in [-0.39, 0.29) is 5.91 Å². The number of thiophene rings is 1. The second-order valence-corrected chi connectivity index (χ2v) is 6.15. The Bertz CT molecular complexity index is 844. The number of likely N-dealkylation sites (N-methyl/N-ethyl adjacent to an activating group) is 1. The number of rotatable bonds is 5. The summed E-state index contributed by atoms with van der Waals surface area (Å²) in [6.07, 6.45) is 3.43. The van der Waals surface area contributed by atoms with Gasteiger partial charge >= 0.3 is 5.97 Å². The minimum Gasteiger partial charge on any atom is -0.479 e. The molecular formula is C17H15N3O3S. The van der Waals surface area contributed by atoms with Crippen LogP contribution in [0.15, 0.2) is 60.2 Å². The minimum absolute atomic E-state index is 0.357. The highest BCUT2D eigenvalue weighted by Crippen LogP contribution is 2.26. The second kappa shape index (κ2) is 6.67. The number of carboxylic acid groups (broad SMARTS) is 1. The van der Waals surface area contributed by atoms with E-state index in [1.807, 2.05) is 6.07 Å². The monoisotopic (exact) mass is 341 g/mol. The molecule has 1 amide bonds. The third kappa shape index (κ3) is 3.07. The summed E-state index contributed by atoms with van der Waals surface area (Å²) < 4.78 is 1.64. The smallest absolute Gasteiger partial charge is 0.331 e. The number of nitrogens with zero attached hydrogens (tertiary/aromatic N) is 3. The van der Waals surface area contributed by atoms with Gasteiger partial charge in [0, 0.05) is 29.9 Å². The third-order valence-corrected chi connectivity index (χ3v) is 4.54. The zero-order chi connectivity index (χ0) is 17.1. The van der Waals surface area contributed by atoms with Crippen molar-refractivity contribution in [2.75, 3.05) is 7.05 Å². The molecule has 0 fully saturated rings. The van der Waals surface area contributed by atoms with Crippen molar-refractivity contribution in [3.8, 4) is 5.69 Å². The lowest BCUT2D eigenvalue weighted by atomic mass is 10.1. The van der Waals surface area contributed by atoms with Crippen LogP contribution >= 0.6 is 11.3 Å². The molecule has 0 spiro atoms. The molecule has 6 nitrogen and oxygen atoms in total. The van der Waals surface area contributed by atoms with Gasteiger partial charge in [0.1, 0.15) is 0 Å². The van der Waals surface area contributed by atoms with Crippen molar-refractivity contribution in [1.82, 2.24) is 14.7 Å². The molecule has 24 heavy (non-hydrogen) atoms. The Balaban J connectivity index is 1.90. The first kappa shape index (κ1) is 15.9. The lowest BCUT2D eigenvalue weighted by molar-refractivity contribution is -0.142. The predicted molar refractivity (Wildman–Crippen MR) is 90.4 cm³/mol. The number of carboxylic acids is 1. The van der Waals surface area contributed by atoms with Gasteiger partial charge in [-0.05, 0) is 35.7 Å². The highest BCUT2D eigenvalue weighted by atomic mass is 32.1. The summed E-state index contributed by atoms with van der Waals surface area (Å²) in [6.45, 7) is 0. The first-order chi connectivity index (χ1) is 11.6. The number of hydrogen-bond acceptors (Lipinski definition) is 4. The van der Waals surface area contributed by atoms with E-state index >= 15 is 0 Å². The summed E-state index contributed by atoms with van der Waals surface area (Å²) in [4.78, 5) is 26.2. The molecule has 0 bridgehead atoms. The summed E-state index contributed by atoms with van der Waals surface area (Å²) in [6, 6.07) is 11.2. The van der Waals surface area contributed by atoms with Gasteiger partial charge in [-0.25, -0.2) is 9.48 Å². The molecule has 3 rings (SSSR count). The van der Waals surface area contributed by atoms with Crippen LogP contribution in [0.2, 0.25) is 0 Å². The van der Waals surface area contributed by atoms with Gasteiger partial charge in [-0.3, -0.25) is 4.79 Å². The van der Waals surface area contributed by atoms with Gasteiger partial charge in [-0.15, -0.1) is 11.3 Å². The summed E-state index contributed by atoms with van der Waals surface area (Å²) in [7, 11) is 1.50. The Kier molecular flexibility index (Phi) is 4.43. The fourth-order valence-corrected chi connectivity index (χ4v) is 3.31. The lowest BCUT2D eigenvalue weighted by Crippen LogP contribution is -2.35. The zero-order valence-electron chi connectivity index (χ0n) is 12.9. The van der Waals surface area contributed by atoms with Crippen LogP contribution in [-0.4, -0.2) is 38.7 Å². The summed E-state index contributed by atoms with van der Waals surface area (Å²) in [5, 5.41) is 15.4. The summed E-state index contributed by atoms with van der Waals surface area (Å²) in [5.74, 6) is -1.42. The van der Waals surface area contributed by atoms with Crippen LogP contribution in [0, 0.1) is 0 Å². The Morgan fingerprint density at radius 2 is 2.08 bits per heavy atom. The van der Waals surface area contributed by atoms with E-state index in [9.17, 15) is 14.7 Å². The molecule has 1 aromatic carbocycles. The SMILES string of the molecule is CN(C(=O)c1cccc(-n2cccn2)c1)[C@@H](C(=O)O)c1cccs1. The number of hydrogen-bond donors (Lipinski definition) is 1. The molecule has 122 valence electrons. The number of carbonyl (C=O) groups is 2. The van der Waals surface area contributed by atoms with Crippen LogP contribution in [0.25, 0.3) is 5.69 Å². The van der Waals surface area contributed by atoms with Crippen molar-refractivity contribution < 1.29 is 14.7 Å². The van der Waals surface area contributed by atoms with Gasteiger partial charge < -0.3 is 10.0 Å². The van der Waals surface area contributed by atoms with E-state index in [1.165, 1.54) is 23.3 Å². The lowest BCUT2D eigenvalue weighted by Gasteiger charge is -2.24. The molecule has 7 heteroatoms. The predicted octanol–water partition coefficient (Wildman–Crippen LogP) is 2.83. The second-order valence-electron chi connectivity index (χ2n) is 5.17. The normalized spacial score (nSPS) is 11.9. The van der Waals surface area contributed by atoms with Crippen LogP contribution in [-0.2, 0) is 4.79 Å². The number of aliphatic carboxylic acids is 1. The molecule has 0 aliphatic carbocycles. The van der Waals surface area contributed by atoms with Crippen molar-refractivity contribution in [3.05, 3.63) is 70.7 Å². The van der Waals surface area contributed by atoms with Gasteiger partial charge in [0.05, 0.1) is 5.69 Å². The number of aromatic nitrogens is 2. The Morgan fingerprint density at radius 1 is 1.25 bits per heavy atom. The van der Waals surface area contributed by atoms with Crippen molar-refractivity contribution in [2.24, 2.45) is 0 Å². The first-order valence-electron chi connectivity index (χ1n) is 7.21. The Hall–Kier alpha value is -2.93. The molecule has 0 unspecified atom stereocenters. The van der Waals surface area contributed by atoms with E-state index in [1.54, 1.807) is 58.9 Å². The van der Waals surface area contributed by atoms with Crippen molar-refractivity contribution in [1.29, 1.82) is 0 Å². The Morgan fingerprint density at radius 3 is 2.71 bits per heavy atom. The highest BCUT2D eigenvalue weighted by Gasteiger charge is 2.29. The van der Waals surface area contributed by atoms with E-state index in [2.05, 4.69) is 5.10 Å². The molecule has 3 aromatic rings. The molecule has 0 radical (unpaired) electrons. The average Bonchev–Trinajstić information content (AvgIpc) is 3.28. The quantitative estimate of drug-likeness (QED) is 0.774. The molecular weight excluding hydrogens is 326 g/mol. The van der Waals surface area contributed by atoms with Gasteiger partial charge in [0.25, 0.3) is 5.91 Å². The molecule has 0 saturated carbocycles. The topological polar surface area (TPSA) is 75.4 Å². The largest absolute Gasteiger partial charge is 0.479 e. The van der Waals surface area contributed by atoms with Gasteiger partial charge in [-0.2, -0.15) is 5.10 Å². The molecule has 1 atom stereocenters. The molecule has 0 aliphatic rings. The van der Waals surface area contributed by atoms with E-state index in [4.69, 9.17) is 0 Å². The van der Waals surface area contributed by atoms with Crippen LogP contribution < -0.4 is 0 Å². The number of carbonyl (C=O) groups excluding carboxylic acids is 1. The van der Waals surface area contributed by atoms with Gasteiger partial charge in [-0.1, -0.05) is 12.1 Å². The number of amides is 1. The average molecular weight is 341 g/mol. The van der Waals surface area contributed by atoms with Crippen LogP contribution in [0.3, 0.4) is 0 Å². The highest BCUT2D eigenvalue weighted by molar-refractivity contribution is 7.10. The van der Waals surface area contributed by atoms with Crippen LogP contribution in [0.4, 0.5) is 0 Å². The maximum absolute atomic E-state index is 12.7. The van der Waals surface area contributed by atoms with Crippen LogP contribution in [0.1, 0.15) is 21.3 Å². The van der Waals surface area contributed by atoms with Crippen LogP contribution in [0.5, 0.6) is 0 Å². The summed E-state index contributed by atoms with van der Waals surface area (Å²) >= 11 is 1.31. The standard InChI is InChI=1S/C17H15N3O3S/c1-19(15(17(22)23)14-7-3-10-24-14)16(21)12-5-2-6-13(11-12)20-9-4-8-18-20/h2-11,15H,1H3,(H,22,23)/t15-/m1/s1. The molecule has 1 N–H and O–H groups in total. The van der Waals surface area contributed by atoms with Gasteiger partial charge in [0.2, 0.25) is 0 Å². The fraction of sp³-hybridized carbons (Fsp3) is 0.118. The maximum atomic E-state index is 12.7. The molecule has 0 saturated heterocycles. The maximum Gasteiger partial charge on any atom is 0.331 e. The van der Waals surface area contributed by atoms with Crippen molar-refractivity contribution in [2.45, 2.75) is 6.04 Å². The zero-order valence-corrected chi connectivity index (χ0v) is 13.7. The molecule has 0 aliphatic heterocycles. The molecule has 2 heterocycles. The Labute approximate surface area is 142 Å². The fourth-order valence-electron chi connectivity index (χ4n) is 2.45. The minimum atomic E-state index is -1.06. The van der Waals surface area contributed by atoms with Gasteiger partial charge in [0.15, 0.2) is 6.04 Å².